The molecule has 2 aromatic heterocycles. The van der Waals surface area contributed by atoms with Crippen molar-refractivity contribution in [1.82, 2.24) is 4.98 Å². The normalized spacial score (nSPS) is 12.8. The monoisotopic (exact) mass is 337 g/mol. The van der Waals surface area contributed by atoms with Gasteiger partial charge >= 0.3 is 0 Å². The lowest BCUT2D eigenvalue weighted by Gasteiger charge is -2.04. The maximum Gasteiger partial charge on any atom is 0.257 e. The molecule has 0 fully saturated rings. The van der Waals surface area contributed by atoms with Crippen molar-refractivity contribution in [1.29, 1.82) is 5.26 Å². The molecule has 1 aliphatic carbocycles. The number of carbonyl (C=O) groups is 1. The third-order valence-corrected chi connectivity index (χ3v) is 5.21. The van der Waals surface area contributed by atoms with E-state index in [2.05, 4.69) is 16.4 Å². The molecular formula is C14H9Cl2N3OS. The highest BCUT2D eigenvalue weighted by atomic mass is 35.5. The van der Waals surface area contributed by atoms with Crippen molar-refractivity contribution in [2.75, 3.05) is 5.32 Å². The summed E-state index contributed by atoms with van der Waals surface area (Å²) in [6.45, 7) is 0. The molecule has 0 saturated carbocycles. The highest BCUT2D eigenvalue weighted by Crippen LogP contribution is 2.38. The SMILES string of the molecule is N#Cc1c(NC(=O)c2cnc(Cl)c(Cl)c2)sc2c1CCC2. The Morgan fingerprint density at radius 3 is 2.95 bits per heavy atom. The minimum absolute atomic E-state index is 0.154. The first-order valence-corrected chi connectivity index (χ1v) is 7.84. The molecule has 4 nitrogen and oxygen atoms in total. The van der Waals surface area contributed by atoms with Crippen LogP contribution in [-0.4, -0.2) is 10.9 Å². The van der Waals surface area contributed by atoms with Crippen molar-refractivity contribution in [3.63, 3.8) is 0 Å². The number of pyridine rings is 1. The van der Waals surface area contributed by atoms with E-state index in [1.54, 1.807) is 0 Å². The van der Waals surface area contributed by atoms with Gasteiger partial charge in [-0.15, -0.1) is 11.3 Å². The number of hydrogen-bond donors (Lipinski definition) is 1. The number of anilines is 1. The summed E-state index contributed by atoms with van der Waals surface area (Å²) in [7, 11) is 0. The Kier molecular flexibility index (Phi) is 3.85. The van der Waals surface area contributed by atoms with E-state index in [0.717, 1.165) is 24.8 Å². The second-order valence-electron chi connectivity index (χ2n) is 4.62. The molecule has 21 heavy (non-hydrogen) atoms. The molecule has 1 aliphatic rings. The van der Waals surface area contributed by atoms with Crippen LogP contribution in [0.5, 0.6) is 0 Å². The lowest BCUT2D eigenvalue weighted by atomic mass is 10.1. The Morgan fingerprint density at radius 2 is 2.24 bits per heavy atom. The van der Waals surface area contributed by atoms with E-state index >= 15 is 0 Å². The minimum Gasteiger partial charge on any atom is -0.312 e. The van der Waals surface area contributed by atoms with Gasteiger partial charge in [0, 0.05) is 11.1 Å². The van der Waals surface area contributed by atoms with Crippen LogP contribution in [0.3, 0.4) is 0 Å². The van der Waals surface area contributed by atoms with E-state index in [9.17, 15) is 10.1 Å². The van der Waals surface area contributed by atoms with Gasteiger partial charge < -0.3 is 5.32 Å². The van der Waals surface area contributed by atoms with Gasteiger partial charge in [0.2, 0.25) is 0 Å². The van der Waals surface area contributed by atoms with E-state index in [1.165, 1.54) is 28.5 Å². The summed E-state index contributed by atoms with van der Waals surface area (Å²) in [6.07, 6.45) is 4.30. The molecule has 1 amide bonds. The van der Waals surface area contributed by atoms with Crippen molar-refractivity contribution in [2.45, 2.75) is 19.3 Å². The van der Waals surface area contributed by atoms with Crippen LogP contribution >= 0.6 is 34.5 Å². The highest BCUT2D eigenvalue weighted by Gasteiger charge is 2.23. The van der Waals surface area contributed by atoms with Crippen LogP contribution in [0.15, 0.2) is 12.3 Å². The fourth-order valence-electron chi connectivity index (χ4n) is 2.33. The highest BCUT2D eigenvalue weighted by molar-refractivity contribution is 7.16. The van der Waals surface area contributed by atoms with Gasteiger partial charge in [-0.2, -0.15) is 5.26 Å². The Morgan fingerprint density at radius 1 is 1.43 bits per heavy atom. The minimum atomic E-state index is -0.350. The summed E-state index contributed by atoms with van der Waals surface area (Å²) in [5, 5.41) is 13.0. The number of amides is 1. The van der Waals surface area contributed by atoms with Gasteiger partial charge in [-0.1, -0.05) is 23.2 Å². The third kappa shape index (κ3) is 2.62. The molecule has 0 saturated heterocycles. The number of aryl methyl sites for hydroxylation is 1. The second kappa shape index (κ2) is 5.64. The summed E-state index contributed by atoms with van der Waals surface area (Å²) in [4.78, 5) is 17.3. The van der Waals surface area contributed by atoms with Crippen molar-refractivity contribution in [2.24, 2.45) is 0 Å². The van der Waals surface area contributed by atoms with E-state index in [4.69, 9.17) is 23.2 Å². The molecule has 3 rings (SSSR count). The Balaban J connectivity index is 1.88. The zero-order chi connectivity index (χ0) is 15.0. The number of nitrogens with zero attached hydrogens (tertiary/aromatic N) is 2. The van der Waals surface area contributed by atoms with E-state index < -0.39 is 0 Å². The third-order valence-electron chi connectivity index (χ3n) is 3.32. The van der Waals surface area contributed by atoms with Crippen LogP contribution in [0, 0.1) is 11.3 Å². The van der Waals surface area contributed by atoms with Gasteiger partial charge in [0.1, 0.15) is 16.2 Å². The molecule has 2 heterocycles. The zero-order valence-electron chi connectivity index (χ0n) is 10.7. The molecule has 0 spiro atoms. The first kappa shape index (κ1) is 14.3. The number of rotatable bonds is 2. The number of fused-ring (bicyclic) bond motifs is 1. The van der Waals surface area contributed by atoms with Gasteiger partial charge in [-0.3, -0.25) is 4.79 Å². The number of carbonyl (C=O) groups excluding carboxylic acids is 1. The van der Waals surface area contributed by atoms with Crippen LogP contribution in [-0.2, 0) is 12.8 Å². The fraction of sp³-hybridized carbons (Fsp3) is 0.214. The molecule has 2 aromatic rings. The van der Waals surface area contributed by atoms with Crippen LogP contribution < -0.4 is 5.32 Å². The molecule has 0 unspecified atom stereocenters. The molecular weight excluding hydrogens is 329 g/mol. The second-order valence-corrected chi connectivity index (χ2v) is 6.49. The van der Waals surface area contributed by atoms with E-state index in [0.29, 0.717) is 16.1 Å². The Bertz CT molecular complexity index is 779. The number of nitriles is 1. The van der Waals surface area contributed by atoms with E-state index in [1.807, 2.05) is 0 Å². The van der Waals surface area contributed by atoms with Crippen molar-refractivity contribution in [3.8, 4) is 6.07 Å². The number of nitrogens with one attached hydrogen (secondary N) is 1. The smallest absolute Gasteiger partial charge is 0.257 e. The van der Waals surface area contributed by atoms with Gasteiger partial charge in [0.05, 0.1) is 16.1 Å². The maximum absolute atomic E-state index is 12.2. The summed E-state index contributed by atoms with van der Waals surface area (Å²) in [6, 6.07) is 3.64. The van der Waals surface area contributed by atoms with Crippen LogP contribution in [0.4, 0.5) is 5.00 Å². The molecule has 1 N–H and O–H groups in total. The van der Waals surface area contributed by atoms with Crippen molar-refractivity contribution in [3.05, 3.63) is 44.0 Å². The van der Waals surface area contributed by atoms with Gasteiger partial charge in [0.25, 0.3) is 5.91 Å². The zero-order valence-corrected chi connectivity index (χ0v) is 13.1. The average Bonchev–Trinajstić information content (AvgIpc) is 3.02. The quantitative estimate of drug-likeness (QED) is 0.840. The number of halogens is 2. The van der Waals surface area contributed by atoms with Crippen molar-refractivity contribution < 1.29 is 4.79 Å². The van der Waals surface area contributed by atoms with Crippen LogP contribution in [0.1, 0.15) is 32.8 Å². The predicted octanol–water partition coefficient (Wildman–Crippen LogP) is 4.06. The molecule has 0 aromatic carbocycles. The summed E-state index contributed by atoms with van der Waals surface area (Å²) < 4.78 is 0. The number of thiophene rings is 1. The summed E-state index contributed by atoms with van der Waals surface area (Å²) >= 11 is 13.1. The lowest BCUT2D eigenvalue weighted by Crippen LogP contribution is -2.12. The van der Waals surface area contributed by atoms with Crippen LogP contribution in [0.25, 0.3) is 0 Å². The topological polar surface area (TPSA) is 65.8 Å². The molecule has 0 atom stereocenters. The predicted molar refractivity (Wildman–Crippen MR) is 83.3 cm³/mol. The molecule has 0 aliphatic heterocycles. The summed E-state index contributed by atoms with van der Waals surface area (Å²) in [5.41, 5.74) is 1.96. The lowest BCUT2D eigenvalue weighted by molar-refractivity contribution is 0.102. The molecule has 106 valence electrons. The molecule has 0 bridgehead atoms. The van der Waals surface area contributed by atoms with Gasteiger partial charge in [0.15, 0.2) is 0 Å². The number of aromatic nitrogens is 1. The largest absolute Gasteiger partial charge is 0.312 e. The first-order chi connectivity index (χ1) is 10.1. The van der Waals surface area contributed by atoms with E-state index in [-0.39, 0.29) is 16.1 Å². The maximum atomic E-state index is 12.2. The average molecular weight is 338 g/mol. The summed E-state index contributed by atoms with van der Waals surface area (Å²) in [5.74, 6) is -0.350. The first-order valence-electron chi connectivity index (χ1n) is 6.27. The van der Waals surface area contributed by atoms with Gasteiger partial charge in [-0.25, -0.2) is 4.98 Å². The standard InChI is InChI=1S/C14H9Cl2N3OS/c15-10-4-7(6-18-12(10)16)13(20)19-14-9(5-17)8-2-1-3-11(8)21-14/h4,6H,1-3H2,(H,19,20). The Labute approximate surface area is 135 Å². The molecule has 7 heteroatoms. The fourth-order valence-corrected chi connectivity index (χ4v) is 3.84. The van der Waals surface area contributed by atoms with Crippen molar-refractivity contribution >= 4 is 45.4 Å². The Hall–Kier alpha value is -1.61. The molecule has 0 radical (unpaired) electrons. The number of hydrogen-bond acceptors (Lipinski definition) is 4. The van der Waals surface area contributed by atoms with Gasteiger partial charge in [-0.05, 0) is 30.9 Å². The van der Waals surface area contributed by atoms with Crippen LogP contribution in [0.2, 0.25) is 10.2 Å².